The summed E-state index contributed by atoms with van der Waals surface area (Å²) in [6.07, 6.45) is -1.32. The Morgan fingerprint density at radius 2 is 1.96 bits per heavy atom. The third-order valence-corrected chi connectivity index (χ3v) is 7.61. The fourth-order valence-electron chi connectivity index (χ4n) is 2.79. The Morgan fingerprint density at radius 1 is 1.28 bits per heavy atom. The lowest BCUT2D eigenvalue weighted by atomic mass is 10.2. The van der Waals surface area contributed by atoms with E-state index in [0.717, 1.165) is 4.31 Å². The van der Waals surface area contributed by atoms with Gasteiger partial charge < -0.3 is 20.3 Å². The minimum Gasteiger partial charge on any atom is -0.497 e. The van der Waals surface area contributed by atoms with E-state index in [-0.39, 0.29) is 23.7 Å². The highest BCUT2D eigenvalue weighted by Crippen LogP contribution is 2.33. The van der Waals surface area contributed by atoms with Crippen LogP contribution in [0.2, 0.25) is 0 Å². The van der Waals surface area contributed by atoms with Crippen molar-refractivity contribution in [3.05, 3.63) is 18.2 Å². The number of hydrogen-bond acceptors (Lipinski definition) is 8. The predicted molar refractivity (Wildman–Crippen MR) is 90.9 cm³/mol. The molecule has 0 spiro atoms. The van der Waals surface area contributed by atoms with Crippen molar-refractivity contribution in [2.75, 3.05) is 38.8 Å². The largest absolute Gasteiger partial charge is 0.497 e. The van der Waals surface area contributed by atoms with Crippen molar-refractivity contribution in [2.45, 2.75) is 17.0 Å². The SMILES string of the molecule is COc1ccc(OC)c(S(=O)(=O)N(CCN)[C@H]2CS(=O)(=O)C[C@H]2O)c1. The first-order valence-electron chi connectivity index (χ1n) is 7.48. The Labute approximate surface area is 147 Å². The highest BCUT2D eigenvalue weighted by molar-refractivity contribution is 7.92. The van der Waals surface area contributed by atoms with Gasteiger partial charge in [-0.05, 0) is 12.1 Å². The van der Waals surface area contributed by atoms with E-state index in [0.29, 0.717) is 5.75 Å². The lowest BCUT2D eigenvalue weighted by Crippen LogP contribution is -2.48. The zero-order chi connectivity index (χ0) is 18.8. The number of methoxy groups -OCH3 is 2. The number of ether oxygens (including phenoxy) is 2. The number of benzene rings is 1. The smallest absolute Gasteiger partial charge is 0.247 e. The number of rotatable bonds is 7. The van der Waals surface area contributed by atoms with Crippen molar-refractivity contribution in [1.29, 1.82) is 0 Å². The Kier molecular flexibility index (Phi) is 5.94. The molecule has 9 nitrogen and oxygen atoms in total. The van der Waals surface area contributed by atoms with Gasteiger partial charge in [0.05, 0.1) is 37.9 Å². The second kappa shape index (κ2) is 7.46. The van der Waals surface area contributed by atoms with E-state index >= 15 is 0 Å². The summed E-state index contributed by atoms with van der Waals surface area (Å²) in [7, 11) is -5.00. The summed E-state index contributed by atoms with van der Waals surface area (Å²) >= 11 is 0. The standard InChI is InChI=1S/C14H22N2O7S2/c1-22-10-3-4-13(23-2)14(7-10)25(20,21)16(6-5-15)11-8-24(18,19)9-12(11)17/h3-4,7,11-12,17H,5-6,8-9,15H2,1-2H3/t11-,12+/m0/s1. The highest BCUT2D eigenvalue weighted by atomic mass is 32.2. The number of nitrogens with two attached hydrogens (primary N) is 1. The summed E-state index contributed by atoms with van der Waals surface area (Å²) in [6, 6.07) is 3.16. The second-order valence-electron chi connectivity index (χ2n) is 5.63. The number of sulfone groups is 1. The molecule has 2 rings (SSSR count). The minimum absolute atomic E-state index is 0.0330. The van der Waals surface area contributed by atoms with Gasteiger partial charge in [0.25, 0.3) is 0 Å². The van der Waals surface area contributed by atoms with Crippen molar-refractivity contribution in [2.24, 2.45) is 5.73 Å². The van der Waals surface area contributed by atoms with Crippen LogP contribution in [-0.4, -0.2) is 77.2 Å². The summed E-state index contributed by atoms with van der Waals surface area (Å²) in [4.78, 5) is -0.181. The second-order valence-corrected chi connectivity index (χ2v) is 9.65. The van der Waals surface area contributed by atoms with Gasteiger partial charge in [0.15, 0.2) is 9.84 Å². The molecule has 0 bridgehead atoms. The van der Waals surface area contributed by atoms with Crippen molar-refractivity contribution >= 4 is 19.9 Å². The van der Waals surface area contributed by atoms with Crippen molar-refractivity contribution in [3.8, 4) is 11.5 Å². The maximum absolute atomic E-state index is 13.1. The monoisotopic (exact) mass is 394 g/mol. The first-order valence-corrected chi connectivity index (χ1v) is 10.7. The molecule has 3 N–H and O–H groups in total. The van der Waals surface area contributed by atoms with Crippen LogP contribution in [0.5, 0.6) is 11.5 Å². The van der Waals surface area contributed by atoms with E-state index in [1.54, 1.807) is 6.07 Å². The van der Waals surface area contributed by atoms with E-state index < -0.39 is 43.5 Å². The van der Waals surface area contributed by atoms with E-state index in [2.05, 4.69) is 0 Å². The molecule has 1 aromatic rings. The number of nitrogens with zero attached hydrogens (tertiary/aromatic N) is 1. The first kappa shape index (κ1) is 19.9. The van der Waals surface area contributed by atoms with Gasteiger partial charge in [-0.2, -0.15) is 4.31 Å². The maximum atomic E-state index is 13.1. The quantitative estimate of drug-likeness (QED) is 0.589. The van der Waals surface area contributed by atoms with Crippen LogP contribution in [-0.2, 0) is 19.9 Å². The van der Waals surface area contributed by atoms with Gasteiger partial charge in [0.1, 0.15) is 16.4 Å². The summed E-state index contributed by atoms with van der Waals surface area (Å²) in [6.45, 7) is -0.172. The molecule has 0 aliphatic carbocycles. The highest BCUT2D eigenvalue weighted by Gasteiger charge is 2.45. The number of sulfonamides is 1. The Bertz CT molecular complexity index is 824. The summed E-state index contributed by atoms with van der Waals surface area (Å²) in [5.74, 6) is -0.562. The van der Waals surface area contributed by atoms with Crippen molar-refractivity contribution in [3.63, 3.8) is 0 Å². The molecule has 1 aromatic carbocycles. The molecule has 1 saturated heterocycles. The Balaban J connectivity index is 2.54. The zero-order valence-corrected chi connectivity index (χ0v) is 15.6. The molecule has 0 saturated carbocycles. The molecular formula is C14H22N2O7S2. The number of aliphatic hydroxyl groups excluding tert-OH is 1. The molecular weight excluding hydrogens is 372 g/mol. The fraction of sp³-hybridized carbons (Fsp3) is 0.571. The molecule has 142 valence electrons. The zero-order valence-electron chi connectivity index (χ0n) is 14.0. The van der Waals surface area contributed by atoms with Crippen LogP contribution < -0.4 is 15.2 Å². The number of hydrogen-bond donors (Lipinski definition) is 2. The normalized spacial score (nSPS) is 22.9. The molecule has 1 aliphatic rings. The molecule has 0 radical (unpaired) electrons. The lowest BCUT2D eigenvalue weighted by molar-refractivity contribution is 0.129. The van der Waals surface area contributed by atoms with Gasteiger partial charge in [0.2, 0.25) is 10.0 Å². The molecule has 1 fully saturated rings. The Morgan fingerprint density at radius 3 is 2.44 bits per heavy atom. The van der Waals surface area contributed by atoms with Crippen LogP contribution in [0.15, 0.2) is 23.1 Å². The van der Waals surface area contributed by atoms with Crippen LogP contribution >= 0.6 is 0 Å². The van der Waals surface area contributed by atoms with E-state index in [1.807, 2.05) is 0 Å². The van der Waals surface area contributed by atoms with Gasteiger partial charge in [-0.25, -0.2) is 16.8 Å². The molecule has 0 aromatic heterocycles. The average Bonchev–Trinajstić information content (AvgIpc) is 2.84. The topological polar surface area (TPSA) is 136 Å². The maximum Gasteiger partial charge on any atom is 0.247 e. The van der Waals surface area contributed by atoms with Crippen LogP contribution in [0.25, 0.3) is 0 Å². The molecule has 11 heteroatoms. The third-order valence-electron chi connectivity index (χ3n) is 3.97. The van der Waals surface area contributed by atoms with Gasteiger partial charge in [0, 0.05) is 19.2 Å². The van der Waals surface area contributed by atoms with Crippen LogP contribution in [0.4, 0.5) is 0 Å². The minimum atomic E-state index is -4.18. The molecule has 1 heterocycles. The Hall–Kier alpha value is -1.40. The molecule has 1 aliphatic heterocycles. The molecule has 25 heavy (non-hydrogen) atoms. The van der Waals surface area contributed by atoms with E-state index in [9.17, 15) is 21.9 Å². The van der Waals surface area contributed by atoms with Crippen LogP contribution in [0.3, 0.4) is 0 Å². The van der Waals surface area contributed by atoms with E-state index in [4.69, 9.17) is 15.2 Å². The summed E-state index contributed by atoms with van der Waals surface area (Å²) < 4.78 is 61.0. The summed E-state index contributed by atoms with van der Waals surface area (Å²) in [5, 5.41) is 10.1. The first-order chi connectivity index (χ1) is 11.7. The molecule has 0 unspecified atom stereocenters. The van der Waals surface area contributed by atoms with Crippen LogP contribution in [0.1, 0.15) is 0 Å². The van der Waals surface area contributed by atoms with Crippen molar-refractivity contribution in [1.82, 2.24) is 4.31 Å². The van der Waals surface area contributed by atoms with Gasteiger partial charge >= 0.3 is 0 Å². The molecule has 0 amide bonds. The van der Waals surface area contributed by atoms with Gasteiger partial charge in [-0.3, -0.25) is 0 Å². The predicted octanol–water partition coefficient (Wildman–Crippen LogP) is -1.19. The molecule has 2 atom stereocenters. The van der Waals surface area contributed by atoms with Crippen LogP contribution in [0, 0.1) is 0 Å². The summed E-state index contributed by atoms with van der Waals surface area (Å²) in [5.41, 5.74) is 5.52. The third kappa shape index (κ3) is 4.06. The van der Waals surface area contributed by atoms with Gasteiger partial charge in [-0.1, -0.05) is 0 Å². The van der Waals surface area contributed by atoms with E-state index in [1.165, 1.54) is 26.4 Å². The fourth-order valence-corrected chi connectivity index (χ4v) is 6.53. The average molecular weight is 394 g/mol. The van der Waals surface area contributed by atoms with Gasteiger partial charge in [-0.15, -0.1) is 0 Å². The van der Waals surface area contributed by atoms with Crippen molar-refractivity contribution < 1.29 is 31.4 Å². The number of aliphatic hydroxyl groups is 1. The lowest BCUT2D eigenvalue weighted by Gasteiger charge is -2.29.